The lowest BCUT2D eigenvalue weighted by Crippen LogP contribution is -2.09. The highest BCUT2D eigenvalue weighted by molar-refractivity contribution is 5.95. The van der Waals surface area contributed by atoms with Gasteiger partial charge in [-0.1, -0.05) is 36.8 Å². The van der Waals surface area contributed by atoms with Crippen LogP contribution in [0.5, 0.6) is 5.75 Å². The van der Waals surface area contributed by atoms with Crippen LogP contribution in [0.4, 0.5) is 5.69 Å². The molecule has 4 nitrogen and oxygen atoms in total. The van der Waals surface area contributed by atoms with Crippen molar-refractivity contribution in [3.05, 3.63) is 54.1 Å². The molecule has 0 spiro atoms. The lowest BCUT2D eigenvalue weighted by Gasteiger charge is -2.11. The van der Waals surface area contributed by atoms with Gasteiger partial charge >= 0.3 is 0 Å². The summed E-state index contributed by atoms with van der Waals surface area (Å²) >= 11 is 0. The molecule has 0 aliphatic heterocycles. The first-order chi connectivity index (χ1) is 11.6. The molecule has 0 saturated carbocycles. The summed E-state index contributed by atoms with van der Waals surface area (Å²) in [6.07, 6.45) is 0.444. The van der Waals surface area contributed by atoms with E-state index in [1.807, 2.05) is 31.2 Å². The number of ether oxygens (including phenoxy) is 1. The Morgan fingerprint density at radius 2 is 1.88 bits per heavy atom. The third-order valence-corrected chi connectivity index (χ3v) is 3.94. The first-order valence-corrected chi connectivity index (χ1v) is 7.96. The van der Waals surface area contributed by atoms with Gasteiger partial charge in [-0.3, -0.25) is 4.79 Å². The molecule has 2 aromatic carbocycles. The van der Waals surface area contributed by atoms with Crippen molar-refractivity contribution in [2.45, 2.75) is 20.3 Å². The zero-order valence-electron chi connectivity index (χ0n) is 14.1. The van der Waals surface area contributed by atoms with E-state index in [0.29, 0.717) is 6.42 Å². The topological polar surface area (TPSA) is 51.2 Å². The second-order valence-electron chi connectivity index (χ2n) is 5.71. The van der Waals surface area contributed by atoms with Gasteiger partial charge in [0.25, 0.3) is 0 Å². The number of aryl methyl sites for hydroxylation is 1. The maximum Gasteiger partial charge on any atom is 0.224 e. The van der Waals surface area contributed by atoms with Crippen LogP contribution in [-0.2, 0) is 4.79 Å². The Bertz CT molecular complexity index is 886. The minimum atomic E-state index is -0.0162. The average Bonchev–Trinajstić information content (AvgIpc) is 2.61. The molecule has 1 aromatic heterocycles. The number of benzene rings is 2. The molecule has 0 aliphatic carbocycles. The predicted molar refractivity (Wildman–Crippen MR) is 97.4 cm³/mol. The van der Waals surface area contributed by atoms with Gasteiger partial charge in [-0.2, -0.15) is 0 Å². The largest absolute Gasteiger partial charge is 0.496 e. The van der Waals surface area contributed by atoms with Gasteiger partial charge in [0, 0.05) is 29.1 Å². The standard InChI is InChI=1S/C20H20N2O2/c1-4-20(23)21-15-9-10-17-16(11-15)19(24-3)12-18(22-17)14-7-5-13(2)6-8-14/h5-12H,4H2,1-3H3,(H,21,23). The lowest BCUT2D eigenvalue weighted by molar-refractivity contribution is -0.115. The van der Waals surface area contributed by atoms with E-state index >= 15 is 0 Å². The second kappa shape index (κ2) is 6.71. The molecule has 122 valence electrons. The van der Waals surface area contributed by atoms with E-state index in [1.165, 1.54) is 5.56 Å². The molecule has 1 N–H and O–H groups in total. The van der Waals surface area contributed by atoms with Crippen molar-refractivity contribution < 1.29 is 9.53 Å². The number of carbonyl (C=O) groups excluding carboxylic acids is 1. The van der Waals surface area contributed by atoms with E-state index in [2.05, 4.69) is 36.5 Å². The summed E-state index contributed by atoms with van der Waals surface area (Å²) in [5.41, 5.74) is 4.70. The third-order valence-electron chi connectivity index (χ3n) is 3.94. The molecule has 1 heterocycles. The number of anilines is 1. The first-order valence-electron chi connectivity index (χ1n) is 7.96. The van der Waals surface area contributed by atoms with Crippen LogP contribution in [0.3, 0.4) is 0 Å². The smallest absolute Gasteiger partial charge is 0.224 e. The summed E-state index contributed by atoms with van der Waals surface area (Å²) in [6.45, 7) is 3.89. The van der Waals surface area contributed by atoms with Crippen molar-refractivity contribution >= 4 is 22.5 Å². The molecule has 24 heavy (non-hydrogen) atoms. The molecule has 0 aliphatic rings. The number of rotatable bonds is 4. The maximum atomic E-state index is 11.6. The zero-order valence-corrected chi connectivity index (χ0v) is 14.1. The SMILES string of the molecule is CCC(=O)Nc1ccc2nc(-c3ccc(C)cc3)cc(OC)c2c1. The molecule has 0 bridgehead atoms. The molecular formula is C20H20N2O2. The van der Waals surface area contributed by atoms with Gasteiger partial charge in [0.05, 0.1) is 18.3 Å². The minimum Gasteiger partial charge on any atom is -0.496 e. The van der Waals surface area contributed by atoms with Gasteiger partial charge in [0.15, 0.2) is 0 Å². The Hall–Kier alpha value is -2.88. The summed E-state index contributed by atoms with van der Waals surface area (Å²) in [7, 11) is 1.64. The van der Waals surface area contributed by atoms with Gasteiger partial charge in [0.1, 0.15) is 5.75 Å². The van der Waals surface area contributed by atoms with Crippen molar-refractivity contribution in [3.8, 4) is 17.0 Å². The van der Waals surface area contributed by atoms with Gasteiger partial charge in [-0.25, -0.2) is 4.98 Å². The van der Waals surface area contributed by atoms with E-state index in [1.54, 1.807) is 7.11 Å². The van der Waals surface area contributed by atoms with Gasteiger partial charge < -0.3 is 10.1 Å². The van der Waals surface area contributed by atoms with E-state index < -0.39 is 0 Å². The fraction of sp³-hybridized carbons (Fsp3) is 0.200. The molecule has 0 atom stereocenters. The molecule has 4 heteroatoms. The fourth-order valence-corrected chi connectivity index (χ4v) is 2.56. The van der Waals surface area contributed by atoms with Crippen LogP contribution in [0, 0.1) is 6.92 Å². The summed E-state index contributed by atoms with van der Waals surface area (Å²) in [6, 6.07) is 15.8. The minimum absolute atomic E-state index is 0.0162. The molecule has 1 amide bonds. The molecule has 0 fully saturated rings. The number of nitrogens with one attached hydrogen (secondary N) is 1. The Labute approximate surface area is 141 Å². The lowest BCUT2D eigenvalue weighted by atomic mass is 10.1. The maximum absolute atomic E-state index is 11.6. The highest BCUT2D eigenvalue weighted by Crippen LogP contribution is 2.31. The van der Waals surface area contributed by atoms with Crippen LogP contribution in [0.2, 0.25) is 0 Å². The molecule has 0 unspecified atom stereocenters. The van der Waals surface area contributed by atoms with E-state index in [0.717, 1.165) is 33.6 Å². The Balaban J connectivity index is 2.08. The van der Waals surface area contributed by atoms with Gasteiger partial charge in [0.2, 0.25) is 5.91 Å². The van der Waals surface area contributed by atoms with Crippen molar-refractivity contribution in [1.82, 2.24) is 4.98 Å². The fourth-order valence-electron chi connectivity index (χ4n) is 2.56. The highest BCUT2D eigenvalue weighted by Gasteiger charge is 2.10. The van der Waals surface area contributed by atoms with Crippen molar-refractivity contribution in [3.63, 3.8) is 0 Å². The van der Waals surface area contributed by atoms with E-state index in [4.69, 9.17) is 9.72 Å². The van der Waals surface area contributed by atoms with Crippen molar-refractivity contribution in [2.24, 2.45) is 0 Å². The number of aromatic nitrogens is 1. The van der Waals surface area contributed by atoms with E-state index in [-0.39, 0.29) is 5.91 Å². The number of amides is 1. The third kappa shape index (κ3) is 3.23. The zero-order chi connectivity index (χ0) is 17.1. The quantitative estimate of drug-likeness (QED) is 0.766. The summed E-state index contributed by atoms with van der Waals surface area (Å²) < 4.78 is 5.55. The Morgan fingerprint density at radius 1 is 1.12 bits per heavy atom. The summed E-state index contributed by atoms with van der Waals surface area (Å²) in [4.78, 5) is 16.3. The molecular weight excluding hydrogens is 300 g/mol. The number of nitrogens with zero attached hydrogens (tertiary/aromatic N) is 1. The van der Waals surface area contributed by atoms with Crippen LogP contribution < -0.4 is 10.1 Å². The Kier molecular flexibility index (Phi) is 4.47. The molecule has 0 saturated heterocycles. The monoisotopic (exact) mass is 320 g/mol. The normalized spacial score (nSPS) is 10.6. The van der Waals surface area contributed by atoms with Crippen LogP contribution in [0.15, 0.2) is 48.5 Å². The number of methoxy groups -OCH3 is 1. The highest BCUT2D eigenvalue weighted by atomic mass is 16.5. The number of pyridine rings is 1. The van der Waals surface area contributed by atoms with Gasteiger partial charge in [-0.05, 0) is 25.1 Å². The molecule has 3 aromatic rings. The molecule has 0 radical (unpaired) electrons. The number of fused-ring (bicyclic) bond motifs is 1. The summed E-state index contributed by atoms with van der Waals surface area (Å²) in [5.74, 6) is 0.723. The Morgan fingerprint density at radius 3 is 2.54 bits per heavy atom. The van der Waals surface area contributed by atoms with Crippen molar-refractivity contribution in [1.29, 1.82) is 0 Å². The first kappa shape index (κ1) is 16.0. The average molecular weight is 320 g/mol. The van der Waals surface area contributed by atoms with Gasteiger partial charge in [-0.15, -0.1) is 0 Å². The number of hydrogen-bond donors (Lipinski definition) is 1. The second-order valence-corrected chi connectivity index (χ2v) is 5.71. The molecule has 3 rings (SSSR count). The number of carbonyl (C=O) groups is 1. The summed E-state index contributed by atoms with van der Waals surface area (Å²) in [5, 5.41) is 3.74. The number of hydrogen-bond acceptors (Lipinski definition) is 3. The van der Waals surface area contributed by atoms with Crippen LogP contribution in [-0.4, -0.2) is 18.0 Å². The predicted octanol–water partition coefficient (Wildman–Crippen LogP) is 4.57. The van der Waals surface area contributed by atoms with Crippen LogP contribution in [0.1, 0.15) is 18.9 Å². The van der Waals surface area contributed by atoms with E-state index in [9.17, 15) is 4.79 Å². The van der Waals surface area contributed by atoms with Crippen LogP contribution >= 0.6 is 0 Å². The van der Waals surface area contributed by atoms with Crippen molar-refractivity contribution in [2.75, 3.05) is 12.4 Å². The van der Waals surface area contributed by atoms with Crippen LogP contribution in [0.25, 0.3) is 22.2 Å².